The Hall–Kier alpha value is -2.89. The number of fused-ring (bicyclic) bond motifs is 5. The molecule has 0 saturated carbocycles. The molecule has 2 unspecified atom stereocenters. The fourth-order valence-electron chi connectivity index (χ4n) is 5.47. The average molecular weight is 502 g/mol. The molecular weight excluding hydrogens is 478 g/mol. The lowest BCUT2D eigenvalue weighted by Crippen LogP contribution is -2.56. The first kappa shape index (κ1) is 20.7. The minimum absolute atomic E-state index is 0.0218. The third kappa shape index (κ3) is 3.60. The standard InChI is InChI=1S/C28H24BrNO3/c29-27-12-6-5-7-21(27)18-13-19-15-32-16-20(14-18)30(19)28(31)33-17-26-24-10-3-1-8-22(24)23-9-2-4-11-25(23)26/h1-13,19-20,26H,14-17H2. The average Bonchev–Trinajstić information content (AvgIpc) is 3.16. The summed E-state index contributed by atoms with van der Waals surface area (Å²) in [5, 5.41) is 0. The lowest BCUT2D eigenvalue weighted by molar-refractivity contribution is -0.0331. The number of amides is 1. The molecule has 1 saturated heterocycles. The number of carbonyl (C=O) groups excluding carboxylic acids is 1. The normalized spacial score (nSPS) is 21.2. The van der Waals surface area contributed by atoms with Crippen molar-refractivity contribution >= 4 is 27.6 Å². The van der Waals surface area contributed by atoms with Crippen LogP contribution >= 0.6 is 15.9 Å². The van der Waals surface area contributed by atoms with Gasteiger partial charge >= 0.3 is 6.09 Å². The number of ether oxygens (including phenoxy) is 2. The van der Waals surface area contributed by atoms with Crippen molar-refractivity contribution in [1.29, 1.82) is 0 Å². The maximum absolute atomic E-state index is 13.3. The minimum Gasteiger partial charge on any atom is -0.448 e. The summed E-state index contributed by atoms with van der Waals surface area (Å²) in [6.45, 7) is 1.36. The Morgan fingerprint density at radius 1 is 0.909 bits per heavy atom. The molecule has 166 valence electrons. The first-order valence-electron chi connectivity index (χ1n) is 11.4. The molecule has 1 amide bonds. The second-order valence-electron chi connectivity index (χ2n) is 8.85. The van der Waals surface area contributed by atoms with Crippen LogP contribution in [0.3, 0.4) is 0 Å². The number of nitrogens with zero attached hydrogens (tertiary/aromatic N) is 1. The molecule has 3 aliphatic rings. The minimum atomic E-state index is -0.252. The Morgan fingerprint density at radius 3 is 2.21 bits per heavy atom. The first-order valence-corrected chi connectivity index (χ1v) is 12.2. The van der Waals surface area contributed by atoms with E-state index in [4.69, 9.17) is 9.47 Å². The molecule has 0 radical (unpaired) electrons. The van der Waals surface area contributed by atoms with Crippen LogP contribution in [-0.4, -0.2) is 42.9 Å². The monoisotopic (exact) mass is 501 g/mol. The quantitative estimate of drug-likeness (QED) is 0.425. The van der Waals surface area contributed by atoms with Gasteiger partial charge in [-0.2, -0.15) is 0 Å². The van der Waals surface area contributed by atoms with E-state index in [1.54, 1.807) is 0 Å². The zero-order chi connectivity index (χ0) is 22.4. The summed E-state index contributed by atoms with van der Waals surface area (Å²) in [6, 6.07) is 24.9. The molecule has 2 heterocycles. The number of benzene rings is 3. The fraction of sp³-hybridized carbons (Fsp3) is 0.250. The van der Waals surface area contributed by atoms with Crippen molar-refractivity contribution in [2.45, 2.75) is 24.4 Å². The van der Waals surface area contributed by atoms with Gasteiger partial charge in [0.1, 0.15) is 6.61 Å². The SMILES string of the molecule is O=C(OCC1c2ccccc2-c2ccccc21)N1C2C=C(c3ccccc3Br)CC1COC2. The molecule has 0 N–H and O–H groups in total. The third-order valence-corrected chi connectivity index (χ3v) is 7.66. The van der Waals surface area contributed by atoms with Crippen LogP contribution in [0, 0.1) is 0 Å². The molecular formula is C28H24BrNO3. The molecule has 4 nitrogen and oxygen atoms in total. The highest BCUT2D eigenvalue weighted by Crippen LogP contribution is 2.44. The number of hydrogen-bond acceptors (Lipinski definition) is 3. The Balaban J connectivity index is 1.23. The molecule has 0 aromatic heterocycles. The van der Waals surface area contributed by atoms with Crippen molar-refractivity contribution in [2.75, 3.05) is 19.8 Å². The van der Waals surface area contributed by atoms with Gasteiger partial charge < -0.3 is 9.47 Å². The lowest BCUT2D eigenvalue weighted by Gasteiger charge is -2.44. The maximum Gasteiger partial charge on any atom is 0.410 e. The van der Waals surface area contributed by atoms with Crippen LogP contribution in [0.4, 0.5) is 4.79 Å². The summed E-state index contributed by atoms with van der Waals surface area (Å²) in [7, 11) is 0. The van der Waals surface area contributed by atoms with Crippen LogP contribution in [-0.2, 0) is 9.47 Å². The van der Waals surface area contributed by atoms with Gasteiger partial charge in [0.05, 0.1) is 25.3 Å². The number of hydrogen-bond donors (Lipinski definition) is 0. The lowest BCUT2D eigenvalue weighted by atomic mass is 9.90. The molecule has 5 heteroatoms. The van der Waals surface area contributed by atoms with Crippen LogP contribution in [0.25, 0.3) is 16.7 Å². The van der Waals surface area contributed by atoms with Crippen LogP contribution < -0.4 is 0 Å². The van der Waals surface area contributed by atoms with E-state index < -0.39 is 0 Å². The topological polar surface area (TPSA) is 38.8 Å². The van der Waals surface area contributed by atoms with E-state index in [9.17, 15) is 4.79 Å². The molecule has 1 aliphatic carbocycles. The van der Waals surface area contributed by atoms with E-state index in [1.807, 2.05) is 17.0 Å². The Kier molecular flexibility index (Phi) is 5.31. The van der Waals surface area contributed by atoms with E-state index in [-0.39, 0.29) is 24.1 Å². The van der Waals surface area contributed by atoms with Gasteiger partial charge in [0.25, 0.3) is 0 Å². The zero-order valence-electron chi connectivity index (χ0n) is 18.1. The van der Waals surface area contributed by atoms with Crippen LogP contribution in [0.5, 0.6) is 0 Å². The highest BCUT2D eigenvalue weighted by molar-refractivity contribution is 9.10. The van der Waals surface area contributed by atoms with Crippen molar-refractivity contribution in [2.24, 2.45) is 0 Å². The summed E-state index contributed by atoms with van der Waals surface area (Å²) in [5.41, 5.74) is 7.36. The van der Waals surface area contributed by atoms with Crippen molar-refractivity contribution in [3.8, 4) is 11.1 Å². The molecule has 2 atom stereocenters. The molecule has 33 heavy (non-hydrogen) atoms. The molecule has 3 aromatic rings. The van der Waals surface area contributed by atoms with Gasteiger partial charge in [-0.05, 0) is 45.9 Å². The molecule has 0 spiro atoms. The number of halogens is 1. The number of rotatable bonds is 3. The van der Waals surface area contributed by atoms with Gasteiger partial charge in [-0.1, -0.05) is 88.7 Å². The van der Waals surface area contributed by atoms with Crippen LogP contribution in [0.2, 0.25) is 0 Å². The van der Waals surface area contributed by atoms with Crippen molar-refractivity contribution in [3.05, 3.63) is 100 Å². The Labute approximate surface area is 202 Å². The van der Waals surface area contributed by atoms with Crippen molar-refractivity contribution < 1.29 is 14.3 Å². The second-order valence-corrected chi connectivity index (χ2v) is 9.70. The Bertz CT molecular complexity index is 1210. The Morgan fingerprint density at radius 2 is 1.55 bits per heavy atom. The molecule has 1 fully saturated rings. The molecule has 6 rings (SSSR count). The van der Waals surface area contributed by atoms with Gasteiger partial charge in [-0.3, -0.25) is 4.90 Å². The smallest absolute Gasteiger partial charge is 0.410 e. The predicted octanol–water partition coefficient (Wildman–Crippen LogP) is 6.25. The van der Waals surface area contributed by atoms with E-state index in [0.29, 0.717) is 19.8 Å². The van der Waals surface area contributed by atoms with Gasteiger partial charge in [0.15, 0.2) is 0 Å². The van der Waals surface area contributed by atoms with Crippen molar-refractivity contribution in [1.82, 2.24) is 4.90 Å². The van der Waals surface area contributed by atoms with E-state index in [0.717, 1.165) is 10.9 Å². The van der Waals surface area contributed by atoms with Crippen molar-refractivity contribution in [3.63, 3.8) is 0 Å². The van der Waals surface area contributed by atoms with Gasteiger partial charge in [-0.15, -0.1) is 0 Å². The fourth-order valence-corrected chi connectivity index (χ4v) is 6.01. The zero-order valence-corrected chi connectivity index (χ0v) is 19.7. The van der Waals surface area contributed by atoms with Gasteiger partial charge in [0, 0.05) is 10.4 Å². The first-order chi connectivity index (χ1) is 16.2. The highest BCUT2D eigenvalue weighted by atomic mass is 79.9. The van der Waals surface area contributed by atoms with Gasteiger partial charge in [-0.25, -0.2) is 4.79 Å². The largest absolute Gasteiger partial charge is 0.448 e. The molecule has 2 aliphatic heterocycles. The number of morpholine rings is 1. The summed E-state index contributed by atoms with van der Waals surface area (Å²) in [5.74, 6) is 0.0635. The number of carbonyl (C=O) groups is 1. The summed E-state index contributed by atoms with van der Waals surface area (Å²) < 4.78 is 12.8. The summed E-state index contributed by atoms with van der Waals surface area (Å²) >= 11 is 3.67. The maximum atomic E-state index is 13.3. The van der Waals surface area contributed by atoms with E-state index >= 15 is 0 Å². The summed E-state index contributed by atoms with van der Waals surface area (Å²) in [6.07, 6.45) is 2.66. The molecule has 2 bridgehead atoms. The van der Waals surface area contributed by atoms with Crippen LogP contribution in [0.15, 0.2) is 83.3 Å². The van der Waals surface area contributed by atoms with E-state index in [1.165, 1.54) is 33.4 Å². The molecule has 3 aromatic carbocycles. The second kappa shape index (κ2) is 8.47. The van der Waals surface area contributed by atoms with Crippen LogP contribution in [0.1, 0.15) is 29.0 Å². The summed E-state index contributed by atoms with van der Waals surface area (Å²) in [4.78, 5) is 15.2. The highest BCUT2D eigenvalue weighted by Gasteiger charge is 2.40. The third-order valence-electron chi connectivity index (χ3n) is 6.97. The van der Waals surface area contributed by atoms with Gasteiger partial charge in [0.2, 0.25) is 0 Å². The van der Waals surface area contributed by atoms with E-state index in [2.05, 4.69) is 82.7 Å². The predicted molar refractivity (Wildman–Crippen MR) is 132 cm³/mol.